The first-order chi connectivity index (χ1) is 17.4. The van der Waals surface area contributed by atoms with Gasteiger partial charge in [0.1, 0.15) is 5.82 Å². The molecule has 10 heteroatoms. The molecular formula is C26H18ClFN6O2. The summed E-state index contributed by atoms with van der Waals surface area (Å²) in [6.07, 6.45) is 0. The second-order valence-electron chi connectivity index (χ2n) is 7.88. The second kappa shape index (κ2) is 9.55. The molecule has 0 unspecified atom stereocenters. The molecule has 5 rings (SSSR count). The fraction of sp³-hybridized carbons (Fsp3) is 0.0385. The van der Waals surface area contributed by atoms with E-state index in [1.165, 1.54) is 24.3 Å². The fourth-order valence-electron chi connectivity index (χ4n) is 3.61. The number of aryl methyl sites for hydroxylation is 1. The maximum Gasteiger partial charge on any atom is 0.302 e. The molecule has 1 N–H and O–H groups in total. The predicted molar refractivity (Wildman–Crippen MR) is 134 cm³/mol. The lowest BCUT2D eigenvalue weighted by Crippen LogP contribution is -2.25. The third kappa shape index (κ3) is 4.51. The molecule has 0 aliphatic carbocycles. The van der Waals surface area contributed by atoms with Crippen molar-refractivity contribution in [2.75, 3.05) is 0 Å². The number of aromatic amines is 1. The summed E-state index contributed by atoms with van der Waals surface area (Å²) in [5, 5.41) is 15.8. The van der Waals surface area contributed by atoms with Gasteiger partial charge in [-0.05, 0) is 61.5 Å². The number of carbonyl (C=O) groups excluding carboxylic acids is 1. The standard InChI is InChI=1S/C26H18ClFN6O2/c1-16-24(30-29-20-13-11-19(28)12-14-20)26(36)34(31-16)25(35)22-15-23(17-7-9-18(27)10-8-17)33(32-22)21-5-3-2-4-6-21/h2-15,31H,1H3. The predicted octanol–water partition coefficient (Wildman–Crippen LogP) is 6.23. The number of azo groups is 1. The van der Waals surface area contributed by atoms with Gasteiger partial charge < -0.3 is 0 Å². The van der Waals surface area contributed by atoms with Crippen LogP contribution in [-0.4, -0.2) is 25.5 Å². The molecule has 2 aromatic heterocycles. The lowest BCUT2D eigenvalue weighted by molar-refractivity contribution is 0.0935. The minimum atomic E-state index is -0.675. The van der Waals surface area contributed by atoms with Gasteiger partial charge in [-0.3, -0.25) is 14.7 Å². The van der Waals surface area contributed by atoms with Gasteiger partial charge in [0.05, 0.1) is 22.8 Å². The smallest absolute Gasteiger partial charge is 0.290 e. The van der Waals surface area contributed by atoms with Crippen LogP contribution in [0.3, 0.4) is 0 Å². The first-order valence-electron chi connectivity index (χ1n) is 10.9. The van der Waals surface area contributed by atoms with Crippen molar-refractivity contribution in [1.82, 2.24) is 19.6 Å². The van der Waals surface area contributed by atoms with Gasteiger partial charge >= 0.3 is 5.56 Å². The molecule has 0 aliphatic rings. The van der Waals surface area contributed by atoms with Crippen LogP contribution in [0.1, 0.15) is 16.2 Å². The summed E-state index contributed by atoms with van der Waals surface area (Å²) in [7, 11) is 0. The third-order valence-electron chi connectivity index (χ3n) is 5.40. The van der Waals surface area contributed by atoms with Crippen LogP contribution >= 0.6 is 11.6 Å². The lowest BCUT2D eigenvalue weighted by atomic mass is 10.1. The maximum absolute atomic E-state index is 13.3. The normalized spacial score (nSPS) is 11.3. The monoisotopic (exact) mass is 500 g/mol. The Labute approximate surface area is 209 Å². The number of para-hydroxylation sites is 1. The van der Waals surface area contributed by atoms with Crippen molar-refractivity contribution in [2.24, 2.45) is 10.2 Å². The molecule has 0 radical (unpaired) electrons. The van der Waals surface area contributed by atoms with Gasteiger partial charge in [-0.1, -0.05) is 41.9 Å². The SMILES string of the molecule is Cc1[nH]n(C(=O)c2cc(-c3ccc(Cl)cc3)n(-c3ccccc3)n2)c(=O)c1N=Nc1ccc(F)cc1. The topological polar surface area (TPSA) is 97.4 Å². The quantitative estimate of drug-likeness (QED) is 0.289. The zero-order valence-corrected chi connectivity index (χ0v) is 19.6. The zero-order valence-electron chi connectivity index (χ0n) is 18.9. The Hall–Kier alpha value is -4.63. The number of halogens is 2. The van der Waals surface area contributed by atoms with Crippen LogP contribution in [-0.2, 0) is 0 Å². The van der Waals surface area contributed by atoms with Crippen LogP contribution in [0.4, 0.5) is 15.8 Å². The van der Waals surface area contributed by atoms with Crippen molar-refractivity contribution < 1.29 is 9.18 Å². The van der Waals surface area contributed by atoms with E-state index in [0.29, 0.717) is 22.1 Å². The molecule has 36 heavy (non-hydrogen) atoms. The Bertz CT molecular complexity index is 1640. The fourth-order valence-corrected chi connectivity index (χ4v) is 3.73. The summed E-state index contributed by atoms with van der Waals surface area (Å²) in [6, 6.07) is 23.4. The van der Waals surface area contributed by atoms with Gasteiger partial charge in [0.25, 0.3) is 5.91 Å². The van der Waals surface area contributed by atoms with Gasteiger partial charge in [-0.15, -0.1) is 5.11 Å². The van der Waals surface area contributed by atoms with Crippen LogP contribution in [0.5, 0.6) is 0 Å². The van der Waals surface area contributed by atoms with Crippen molar-refractivity contribution in [3.8, 4) is 16.9 Å². The molecule has 0 fully saturated rings. The van der Waals surface area contributed by atoms with Crippen molar-refractivity contribution in [1.29, 1.82) is 0 Å². The molecule has 2 heterocycles. The molecule has 8 nitrogen and oxygen atoms in total. The van der Waals surface area contributed by atoms with E-state index in [2.05, 4.69) is 20.4 Å². The van der Waals surface area contributed by atoms with Crippen LogP contribution in [0.15, 0.2) is 100.0 Å². The van der Waals surface area contributed by atoms with E-state index in [-0.39, 0.29) is 11.4 Å². The molecular weight excluding hydrogens is 483 g/mol. The molecule has 3 aromatic carbocycles. The molecule has 5 aromatic rings. The number of nitrogens with one attached hydrogen (secondary N) is 1. The maximum atomic E-state index is 13.3. The number of carbonyl (C=O) groups is 1. The van der Waals surface area contributed by atoms with Crippen LogP contribution < -0.4 is 5.56 Å². The van der Waals surface area contributed by atoms with Gasteiger partial charge in [0, 0.05) is 10.6 Å². The lowest BCUT2D eigenvalue weighted by Gasteiger charge is -2.07. The Morgan fingerprint density at radius 3 is 2.36 bits per heavy atom. The first-order valence-corrected chi connectivity index (χ1v) is 11.2. The van der Waals surface area contributed by atoms with E-state index in [4.69, 9.17) is 11.6 Å². The summed E-state index contributed by atoms with van der Waals surface area (Å²) in [6.45, 7) is 1.60. The van der Waals surface area contributed by atoms with Crippen molar-refractivity contribution in [3.63, 3.8) is 0 Å². The average molecular weight is 501 g/mol. The van der Waals surface area contributed by atoms with E-state index in [9.17, 15) is 14.0 Å². The van der Waals surface area contributed by atoms with Crippen molar-refractivity contribution in [2.45, 2.75) is 6.92 Å². The van der Waals surface area contributed by atoms with E-state index < -0.39 is 17.3 Å². The van der Waals surface area contributed by atoms with E-state index in [0.717, 1.165) is 15.9 Å². The Morgan fingerprint density at radius 1 is 0.972 bits per heavy atom. The zero-order chi connectivity index (χ0) is 25.2. The molecule has 0 atom stereocenters. The summed E-state index contributed by atoms with van der Waals surface area (Å²) >= 11 is 6.05. The van der Waals surface area contributed by atoms with Gasteiger partial charge in [0.15, 0.2) is 11.4 Å². The van der Waals surface area contributed by atoms with Gasteiger partial charge in [-0.2, -0.15) is 14.9 Å². The van der Waals surface area contributed by atoms with Crippen molar-refractivity contribution >= 4 is 28.9 Å². The number of H-pyrrole nitrogens is 1. The Kier molecular flexibility index (Phi) is 6.14. The number of benzene rings is 3. The van der Waals surface area contributed by atoms with Crippen LogP contribution in [0, 0.1) is 12.7 Å². The highest BCUT2D eigenvalue weighted by Gasteiger charge is 2.22. The molecule has 0 amide bonds. The molecule has 0 spiro atoms. The first kappa shape index (κ1) is 23.1. The molecule has 0 aliphatic heterocycles. The Morgan fingerprint density at radius 2 is 1.67 bits per heavy atom. The Balaban J connectivity index is 1.54. The molecule has 0 bridgehead atoms. The third-order valence-corrected chi connectivity index (χ3v) is 5.66. The van der Waals surface area contributed by atoms with Crippen LogP contribution in [0.25, 0.3) is 16.9 Å². The van der Waals surface area contributed by atoms with Gasteiger partial charge in [-0.25, -0.2) is 9.07 Å². The number of hydrogen-bond acceptors (Lipinski definition) is 5. The summed E-state index contributed by atoms with van der Waals surface area (Å²) in [5.74, 6) is -1.07. The highest BCUT2D eigenvalue weighted by atomic mass is 35.5. The van der Waals surface area contributed by atoms with E-state index in [1.54, 1.807) is 29.8 Å². The second-order valence-corrected chi connectivity index (χ2v) is 8.31. The summed E-state index contributed by atoms with van der Waals surface area (Å²) in [5.41, 5.74) is 2.23. The number of hydrogen-bond donors (Lipinski definition) is 1. The minimum Gasteiger partial charge on any atom is -0.290 e. The number of aromatic nitrogens is 4. The highest BCUT2D eigenvalue weighted by Crippen LogP contribution is 2.26. The largest absolute Gasteiger partial charge is 0.302 e. The highest BCUT2D eigenvalue weighted by molar-refractivity contribution is 6.30. The van der Waals surface area contributed by atoms with Gasteiger partial charge in [0.2, 0.25) is 0 Å². The number of nitrogens with zero attached hydrogens (tertiary/aromatic N) is 5. The van der Waals surface area contributed by atoms with E-state index >= 15 is 0 Å². The minimum absolute atomic E-state index is 0.0342. The molecule has 0 saturated heterocycles. The molecule has 178 valence electrons. The molecule has 0 saturated carbocycles. The summed E-state index contributed by atoms with van der Waals surface area (Å²) in [4.78, 5) is 26.3. The van der Waals surface area contributed by atoms with Crippen LogP contribution in [0.2, 0.25) is 5.02 Å². The van der Waals surface area contributed by atoms with E-state index in [1.807, 2.05) is 42.5 Å². The summed E-state index contributed by atoms with van der Waals surface area (Å²) < 4.78 is 15.6. The van der Waals surface area contributed by atoms with Crippen molar-refractivity contribution in [3.05, 3.63) is 118 Å². The average Bonchev–Trinajstić information content (AvgIpc) is 3.46. The number of rotatable bonds is 5.